The van der Waals surface area contributed by atoms with E-state index in [1.54, 1.807) is 6.07 Å². The molecule has 0 saturated carbocycles. The Morgan fingerprint density at radius 2 is 1.88 bits per heavy atom. The fourth-order valence-electron chi connectivity index (χ4n) is 2.75. The third kappa shape index (κ3) is 4.32. The minimum absolute atomic E-state index is 0.251. The molecule has 0 aliphatic carbocycles. The highest BCUT2D eigenvalue weighted by Crippen LogP contribution is 2.16. The number of hydrogen-bond donors (Lipinski definition) is 1. The van der Waals surface area contributed by atoms with Gasteiger partial charge in [0.25, 0.3) is 5.91 Å². The van der Waals surface area contributed by atoms with Gasteiger partial charge in [-0.15, -0.1) is 0 Å². The first-order valence-electron chi connectivity index (χ1n) is 8.18. The Hall–Kier alpha value is -2.40. The Balaban J connectivity index is 1.49. The largest absolute Gasteiger partial charge is 0.378 e. The highest BCUT2D eigenvalue weighted by Gasteiger charge is 2.11. The monoisotopic (exact) mass is 328 g/mol. The van der Waals surface area contributed by atoms with Crippen LogP contribution in [0, 0.1) is 5.82 Å². The van der Waals surface area contributed by atoms with Crippen molar-refractivity contribution in [2.75, 3.05) is 37.7 Å². The number of carbonyl (C=O) groups is 1. The average molecular weight is 328 g/mol. The van der Waals surface area contributed by atoms with Crippen molar-refractivity contribution in [1.29, 1.82) is 0 Å². The summed E-state index contributed by atoms with van der Waals surface area (Å²) >= 11 is 0. The first-order valence-corrected chi connectivity index (χ1v) is 8.18. The van der Waals surface area contributed by atoms with Crippen molar-refractivity contribution in [3.05, 3.63) is 65.5 Å². The van der Waals surface area contributed by atoms with E-state index in [2.05, 4.69) is 34.5 Å². The molecule has 1 heterocycles. The van der Waals surface area contributed by atoms with Crippen molar-refractivity contribution >= 4 is 11.6 Å². The molecule has 0 atom stereocenters. The van der Waals surface area contributed by atoms with Gasteiger partial charge in [0, 0.05) is 30.9 Å². The third-order valence-corrected chi connectivity index (χ3v) is 4.10. The lowest BCUT2D eigenvalue weighted by Crippen LogP contribution is -2.36. The maximum Gasteiger partial charge on any atom is 0.251 e. The van der Waals surface area contributed by atoms with E-state index in [9.17, 15) is 9.18 Å². The first kappa shape index (κ1) is 16.5. The van der Waals surface area contributed by atoms with E-state index in [0.29, 0.717) is 12.1 Å². The molecule has 3 rings (SSSR count). The number of nitrogens with zero attached hydrogens (tertiary/aromatic N) is 1. The number of anilines is 1. The Bertz CT molecular complexity index is 682. The lowest BCUT2D eigenvalue weighted by Gasteiger charge is -2.28. The van der Waals surface area contributed by atoms with Crippen LogP contribution in [0.3, 0.4) is 0 Å². The number of halogens is 1. The van der Waals surface area contributed by atoms with Gasteiger partial charge in [-0.05, 0) is 42.3 Å². The standard InChI is InChI=1S/C19H21FN2O2/c20-17-3-1-2-16(14-17)19(23)21-9-8-15-4-6-18(7-5-15)22-10-12-24-13-11-22/h1-7,14H,8-13H2,(H,21,23). The van der Waals surface area contributed by atoms with E-state index in [0.717, 1.165) is 38.3 Å². The number of benzene rings is 2. The molecule has 0 aromatic heterocycles. The van der Waals surface area contributed by atoms with Crippen LogP contribution in [-0.4, -0.2) is 38.8 Å². The highest BCUT2D eigenvalue weighted by atomic mass is 19.1. The quantitative estimate of drug-likeness (QED) is 0.917. The average Bonchev–Trinajstić information content (AvgIpc) is 2.63. The molecule has 1 aliphatic heterocycles. The zero-order chi connectivity index (χ0) is 16.8. The summed E-state index contributed by atoms with van der Waals surface area (Å²) in [5.74, 6) is -0.652. The van der Waals surface area contributed by atoms with Crippen molar-refractivity contribution in [2.45, 2.75) is 6.42 Å². The van der Waals surface area contributed by atoms with Crippen LogP contribution in [0.15, 0.2) is 48.5 Å². The third-order valence-electron chi connectivity index (χ3n) is 4.10. The molecule has 2 aromatic carbocycles. The molecular weight excluding hydrogens is 307 g/mol. The van der Waals surface area contributed by atoms with Crippen LogP contribution in [0.25, 0.3) is 0 Å². The van der Waals surface area contributed by atoms with Gasteiger partial charge in [-0.25, -0.2) is 4.39 Å². The summed E-state index contributed by atoms with van der Waals surface area (Å²) in [6.07, 6.45) is 0.741. The second-order valence-corrected chi connectivity index (χ2v) is 5.78. The topological polar surface area (TPSA) is 41.6 Å². The van der Waals surface area contributed by atoms with Crippen LogP contribution in [0.5, 0.6) is 0 Å². The number of ether oxygens (including phenoxy) is 1. The summed E-state index contributed by atoms with van der Waals surface area (Å²) in [6, 6.07) is 14.1. The number of nitrogens with one attached hydrogen (secondary N) is 1. The molecular formula is C19H21FN2O2. The number of carbonyl (C=O) groups excluding carboxylic acids is 1. The number of morpholine rings is 1. The van der Waals surface area contributed by atoms with E-state index in [-0.39, 0.29) is 5.91 Å². The van der Waals surface area contributed by atoms with Crippen molar-refractivity contribution in [2.24, 2.45) is 0 Å². The molecule has 4 nitrogen and oxygen atoms in total. The molecule has 0 unspecified atom stereocenters. The zero-order valence-electron chi connectivity index (χ0n) is 13.5. The summed E-state index contributed by atoms with van der Waals surface area (Å²) in [7, 11) is 0. The second kappa shape index (κ2) is 7.93. The lowest BCUT2D eigenvalue weighted by molar-refractivity contribution is 0.0953. The van der Waals surface area contributed by atoms with Gasteiger partial charge in [0.2, 0.25) is 0 Å². The molecule has 1 amide bonds. The molecule has 5 heteroatoms. The predicted molar refractivity (Wildman–Crippen MR) is 91.9 cm³/mol. The smallest absolute Gasteiger partial charge is 0.251 e. The number of amides is 1. The van der Waals surface area contributed by atoms with Gasteiger partial charge in [-0.1, -0.05) is 18.2 Å². The van der Waals surface area contributed by atoms with Crippen LogP contribution >= 0.6 is 0 Å². The summed E-state index contributed by atoms with van der Waals surface area (Å²) in [4.78, 5) is 14.3. The van der Waals surface area contributed by atoms with Gasteiger partial charge in [0.15, 0.2) is 0 Å². The number of hydrogen-bond acceptors (Lipinski definition) is 3. The molecule has 0 bridgehead atoms. The van der Waals surface area contributed by atoms with Gasteiger partial charge in [-0.3, -0.25) is 4.79 Å². The van der Waals surface area contributed by atoms with Crippen molar-refractivity contribution < 1.29 is 13.9 Å². The molecule has 24 heavy (non-hydrogen) atoms. The summed E-state index contributed by atoms with van der Waals surface area (Å²) < 4.78 is 18.5. The fraction of sp³-hybridized carbons (Fsp3) is 0.316. The van der Waals surface area contributed by atoms with Gasteiger partial charge in [-0.2, -0.15) is 0 Å². The van der Waals surface area contributed by atoms with Gasteiger partial charge < -0.3 is 15.0 Å². The van der Waals surface area contributed by atoms with Gasteiger partial charge >= 0.3 is 0 Å². The van der Waals surface area contributed by atoms with Crippen LogP contribution < -0.4 is 10.2 Å². The van der Waals surface area contributed by atoms with E-state index < -0.39 is 5.82 Å². The van der Waals surface area contributed by atoms with Crippen LogP contribution in [-0.2, 0) is 11.2 Å². The zero-order valence-corrected chi connectivity index (χ0v) is 13.5. The van der Waals surface area contributed by atoms with Crippen molar-refractivity contribution in [3.8, 4) is 0 Å². The summed E-state index contributed by atoms with van der Waals surface area (Å²) in [5, 5.41) is 2.82. The Labute approximate surface area is 141 Å². The highest BCUT2D eigenvalue weighted by molar-refractivity contribution is 5.94. The Kier molecular flexibility index (Phi) is 5.43. The van der Waals surface area contributed by atoms with Crippen LogP contribution in [0.1, 0.15) is 15.9 Å². The normalized spacial score (nSPS) is 14.5. The molecule has 1 aliphatic rings. The fourth-order valence-corrected chi connectivity index (χ4v) is 2.75. The molecule has 2 aromatic rings. The molecule has 126 valence electrons. The van der Waals surface area contributed by atoms with Crippen molar-refractivity contribution in [1.82, 2.24) is 5.32 Å². The Morgan fingerprint density at radius 3 is 2.58 bits per heavy atom. The second-order valence-electron chi connectivity index (χ2n) is 5.78. The van der Waals surface area contributed by atoms with Crippen molar-refractivity contribution in [3.63, 3.8) is 0 Å². The maximum absolute atomic E-state index is 13.1. The lowest BCUT2D eigenvalue weighted by atomic mass is 10.1. The molecule has 1 N–H and O–H groups in total. The Morgan fingerprint density at radius 1 is 1.12 bits per heavy atom. The SMILES string of the molecule is O=C(NCCc1ccc(N2CCOCC2)cc1)c1cccc(F)c1. The van der Waals surface area contributed by atoms with E-state index in [4.69, 9.17) is 4.74 Å². The minimum Gasteiger partial charge on any atom is -0.378 e. The van der Waals surface area contributed by atoms with Crippen LogP contribution in [0.4, 0.5) is 10.1 Å². The molecule has 1 fully saturated rings. The van der Waals surface area contributed by atoms with Gasteiger partial charge in [0.1, 0.15) is 5.82 Å². The predicted octanol–water partition coefficient (Wildman–Crippen LogP) is 2.63. The summed E-state index contributed by atoms with van der Waals surface area (Å²) in [6.45, 7) is 3.90. The molecule has 0 spiro atoms. The van der Waals surface area contributed by atoms with Crippen LogP contribution in [0.2, 0.25) is 0 Å². The number of rotatable bonds is 5. The summed E-state index contributed by atoms with van der Waals surface area (Å²) in [5.41, 5.74) is 2.70. The molecule has 0 radical (unpaired) electrons. The van der Waals surface area contributed by atoms with E-state index in [1.165, 1.54) is 23.9 Å². The molecule has 1 saturated heterocycles. The van der Waals surface area contributed by atoms with E-state index in [1.807, 2.05) is 0 Å². The first-order chi connectivity index (χ1) is 11.7. The maximum atomic E-state index is 13.1. The van der Waals surface area contributed by atoms with E-state index >= 15 is 0 Å². The minimum atomic E-state index is -0.402. The van der Waals surface area contributed by atoms with Gasteiger partial charge in [0.05, 0.1) is 13.2 Å².